The van der Waals surface area contributed by atoms with Crippen LogP contribution in [0.15, 0.2) is 41.6 Å². The molecule has 4 heteroatoms. The van der Waals surface area contributed by atoms with Gasteiger partial charge in [-0.2, -0.15) is 5.10 Å². The molecule has 2 heterocycles. The van der Waals surface area contributed by atoms with Crippen molar-refractivity contribution in [2.24, 2.45) is 0 Å². The van der Waals surface area contributed by atoms with Crippen LogP contribution in [0.25, 0.3) is 0 Å². The fraction of sp³-hybridized carbons (Fsp3) is 0.308. The predicted molar refractivity (Wildman–Crippen MR) is 71.6 cm³/mol. The molecule has 0 saturated heterocycles. The summed E-state index contributed by atoms with van der Waals surface area (Å²) in [6.07, 6.45) is 5.02. The molecule has 1 aromatic carbocycles. The van der Waals surface area contributed by atoms with Crippen LogP contribution in [-0.2, 0) is 18.8 Å². The van der Waals surface area contributed by atoms with Crippen molar-refractivity contribution < 1.29 is 0 Å². The Balaban J connectivity index is 1.69. The monoisotopic (exact) mass is 264 g/mol. The predicted octanol–water partition coefficient (Wildman–Crippen LogP) is 3.34. The van der Waals surface area contributed by atoms with Crippen molar-refractivity contribution in [3.8, 4) is 0 Å². The van der Waals surface area contributed by atoms with Crippen molar-refractivity contribution in [1.29, 1.82) is 0 Å². The van der Waals surface area contributed by atoms with Crippen molar-refractivity contribution in [3.05, 3.63) is 47.8 Å². The number of alkyl halides is 1. The number of aromatic nitrogens is 2. The van der Waals surface area contributed by atoms with Crippen LogP contribution in [-0.4, -0.2) is 15.0 Å². The molecule has 0 radical (unpaired) electrons. The quantitative estimate of drug-likeness (QED) is 0.792. The average Bonchev–Trinajstić information content (AvgIpc) is 2.94. The molecule has 2 aromatic rings. The first-order valence-corrected chi connectivity index (χ1v) is 7.08. The number of fused-ring (bicyclic) bond motifs is 1. The zero-order chi connectivity index (χ0) is 11.7. The van der Waals surface area contributed by atoms with E-state index in [1.54, 1.807) is 0 Å². The van der Waals surface area contributed by atoms with E-state index in [2.05, 4.69) is 29.4 Å². The minimum absolute atomic E-state index is 0.540. The van der Waals surface area contributed by atoms with Crippen LogP contribution in [0.4, 0.5) is 0 Å². The Hall–Kier alpha value is -0.930. The van der Waals surface area contributed by atoms with Crippen LogP contribution in [0.2, 0.25) is 0 Å². The van der Waals surface area contributed by atoms with E-state index < -0.39 is 0 Å². The van der Waals surface area contributed by atoms with Crippen molar-refractivity contribution >= 4 is 23.4 Å². The van der Waals surface area contributed by atoms with Gasteiger partial charge in [0.15, 0.2) is 0 Å². The Morgan fingerprint density at radius 1 is 1.41 bits per heavy atom. The summed E-state index contributed by atoms with van der Waals surface area (Å²) < 4.78 is 2.00. The van der Waals surface area contributed by atoms with Crippen LogP contribution in [0, 0.1) is 0 Å². The molecule has 0 amide bonds. The number of nitrogens with zero attached hydrogens (tertiary/aromatic N) is 2. The molecule has 0 fully saturated rings. The molecule has 0 bridgehead atoms. The number of hydrogen-bond donors (Lipinski definition) is 0. The van der Waals surface area contributed by atoms with E-state index in [4.69, 9.17) is 11.6 Å². The second kappa shape index (κ2) is 4.75. The van der Waals surface area contributed by atoms with Gasteiger partial charge in [-0.05, 0) is 18.1 Å². The fourth-order valence-electron chi connectivity index (χ4n) is 2.14. The summed E-state index contributed by atoms with van der Waals surface area (Å²) in [5.41, 5.74) is 2.56. The molecule has 0 aliphatic carbocycles. The Morgan fingerprint density at radius 2 is 2.29 bits per heavy atom. The van der Waals surface area contributed by atoms with Gasteiger partial charge in [-0.3, -0.25) is 4.68 Å². The lowest BCUT2D eigenvalue weighted by Gasteiger charge is -2.07. The third kappa shape index (κ3) is 2.35. The molecule has 1 aliphatic heterocycles. The molecule has 17 heavy (non-hydrogen) atoms. The van der Waals surface area contributed by atoms with Gasteiger partial charge in [0.05, 0.1) is 18.6 Å². The first-order chi connectivity index (χ1) is 8.35. The van der Waals surface area contributed by atoms with Crippen molar-refractivity contribution in [2.45, 2.75) is 29.0 Å². The number of benzene rings is 1. The zero-order valence-corrected chi connectivity index (χ0v) is 10.9. The minimum atomic E-state index is 0.540. The van der Waals surface area contributed by atoms with Gasteiger partial charge >= 0.3 is 0 Å². The molecular weight excluding hydrogens is 252 g/mol. The SMILES string of the molecule is ClCc1cnn(CC2Cc3ccccc3S2)c1. The molecular formula is C13H13ClN2S. The van der Waals surface area contributed by atoms with Crippen LogP contribution in [0.1, 0.15) is 11.1 Å². The molecule has 2 nitrogen and oxygen atoms in total. The second-order valence-electron chi connectivity index (χ2n) is 4.26. The average molecular weight is 265 g/mol. The third-order valence-electron chi connectivity index (χ3n) is 2.95. The van der Waals surface area contributed by atoms with Gasteiger partial charge in [-0.25, -0.2) is 0 Å². The van der Waals surface area contributed by atoms with E-state index in [-0.39, 0.29) is 0 Å². The first kappa shape index (κ1) is 11.2. The largest absolute Gasteiger partial charge is 0.271 e. The highest BCUT2D eigenvalue weighted by Gasteiger charge is 2.22. The summed E-state index contributed by atoms with van der Waals surface area (Å²) >= 11 is 7.73. The highest BCUT2D eigenvalue weighted by molar-refractivity contribution is 8.00. The summed E-state index contributed by atoms with van der Waals surface area (Å²) in [7, 11) is 0. The second-order valence-corrected chi connectivity index (χ2v) is 5.87. The molecule has 0 saturated carbocycles. The maximum absolute atomic E-state index is 5.77. The first-order valence-electron chi connectivity index (χ1n) is 5.67. The van der Waals surface area contributed by atoms with Crippen LogP contribution < -0.4 is 0 Å². The standard InChI is InChI=1S/C13H13ClN2S/c14-6-10-7-15-16(8-10)9-12-5-11-3-1-2-4-13(11)17-12/h1-4,7-8,12H,5-6,9H2. The van der Waals surface area contributed by atoms with E-state index in [9.17, 15) is 0 Å². The maximum Gasteiger partial charge on any atom is 0.0534 e. The summed E-state index contributed by atoms with van der Waals surface area (Å²) in [5.74, 6) is 0.540. The Morgan fingerprint density at radius 3 is 3.06 bits per heavy atom. The minimum Gasteiger partial charge on any atom is -0.271 e. The molecule has 0 N–H and O–H groups in total. The number of rotatable bonds is 3. The molecule has 1 aromatic heterocycles. The lowest BCUT2D eigenvalue weighted by Crippen LogP contribution is -2.12. The van der Waals surface area contributed by atoms with Crippen molar-refractivity contribution in [1.82, 2.24) is 9.78 Å². The number of hydrogen-bond acceptors (Lipinski definition) is 2. The lowest BCUT2D eigenvalue weighted by molar-refractivity contribution is 0.594. The van der Waals surface area contributed by atoms with Gasteiger partial charge < -0.3 is 0 Å². The van der Waals surface area contributed by atoms with Gasteiger partial charge in [-0.15, -0.1) is 23.4 Å². The molecule has 1 unspecified atom stereocenters. The van der Waals surface area contributed by atoms with E-state index in [0.29, 0.717) is 11.1 Å². The van der Waals surface area contributed by atoms with Crippen LogP contribution >= 0.6 is 23.4 Å². The summed E-state index contributed by atoms with van der Waals surface area (Å²) in [6, 6.07) is 8.64. The normalized spacial score (nSPS) is 18.3. The summed E-state index contributed by atoms with van der Waals surface area (Å²) in [4.78, 5) is 1.42. The fourth-order valence-corrected chi connectivity index (χ4v) is 3.59. The van der Waals surface area contributed by atoms with Gasteiger partial charge in [0.2, 0.25) is 0 Å². The Bertz CT molecular complexity index is 499. The molecule has 1 atom stereocenters. The lowest BCUT2D eigenvalue weighted by atomic mass is 10.1. The Labute approximate surface area is 110 Å². The Kier molecular flexibility index (Phi) is 3.12. The van der Waals surface area contributed by atoms with Gasteiger partial charge in [0.25, 0.3) is 0 Å². The summed E-state index contributed by atoms with van der Waals surface area (Å²) in [6.45, 7) is 0.955. The highest BCUT2D eigenvalue weighted by atomic mass is 35.5. The number of halogens is 1. The van der Waals surface area contributed by atoms with Crippen LogP contribution in [0.5, 0.6) is 0 Å². The smallest absolute Gasteiger partial charge is 0.0534 e. The van der Waals surface area contributed by atoms with E-state index in [1.807, 2.05) is 28.8 Å². The molecule has 0 spiro atoms. The van der Waals surface area contributed by atoms with Crippen molar-refractivity contribution in [2.75, 3.05) is 0 Å². The van der Waals surface area contributed by atoms with Crippen molar-refractivity contribution in [3.63, 3.8) is 0 Å². The van der Waals surface area contributed by atoms with E-state index in [1.165, 1.54) is 10.5 Å². The van der Waals surface area contributed by atoms with Crippen LogP contribution in [0.3, 0.4) is 0 Å². The molecule has 3 rings (SSSR count). The van der Waals surface area contributed by atoms with Gasteiger partial charge in [-0.1, -0.05) is 18.2 Å². The van der Waals surface area contributed by atoms with E-state index >= 15 is 0 Å². The maximum atomic E-state index is 5.77. The summed E-state index contributed by atoms with van der Waals surface area (Å²) in [5, 5.41) is 4.93. The van der Waals surface area contributed by atoms with Gasteiger partial charge in [0.1, 0.15) is 0 Å². The molecule has 88 valence electrons. The number of thioether (sulfide) groups is 1. The van der Waals surface area contributed by atoms with Gasteiger partial charge in [0, 0.05) is 21.9 Å². The zero-order valence-electron chi connectivity index (χ0n) is 9.34. The van der Waals surface area contributed by atoms with E-state index in [0.717, 1.165) is 18.5 Å². The molecule has 1 aliphatic rings. The highest BCUT2D eigenvalue weighted by Crippen LogP contribution is 2.37. The topological polar surface area (TPSA) is 17.8 Å². The third-order valence-corrected chi connectivity index (χ3v) is 4.56.